The minimum Gasteiger partial charge on any atom is -0.497 e. The normalized spacial score (nSPS) is 10.8. The molecule has 4 aromatic rings. The van der Waals surface area contributed by atoms with Gasteiger partial charge in [-0.3, -0.25) is 9.36 Å². The third-order valence-corrected chi connectivity index (χ3v) is 5.90. The number of hydrogen-bond acceptors (Lipinski definition) is 6. The molecule has 164 valence electrons. The predicted molar refractivity (Wildman–Crippen MR) is 125 cm³/mol. The zero-order valence-corrected chi connectivity index (χ0v) is 18.8. The van der Waals surface area contributed by atoms with E-state index in [2.05, 4.69) is 32.2 Å². The van der Waals surface area contributed by atoms with Gasteiger partial charge in [0.1, 0.15) is 11.5 Å². The molecule has 0 aliphatic heterocycles. The first-order chi connectivity index (χ1) is 15.6. The van der Waals surface area contributed by atoms with E-state index in [0.29, 0.717) is 18.7 Å². The number of carbonyl (C=O) groups is 1. The minimum absolute atomic E-state index is 0.0531. The van der Waals surface area contributed by atoms with Crippen LogP contribution < -0.4 is 10.1 Å². The molecule has 0 atom stereocenters. The fourth-order valence-electron chi connectivity index (χ4n) is 3.25. The molecule has 0 saturated heterocycles. The number of rotatable bonds is 9. The quantitative estimate of drug-likeness (QED) is 0.362. The van der Waals surface area contributed by atoms with Crippen LogP contribution in [0.3, 0.4) is 0 Å². The second-order valence-electron chi connectivity index (χ2n) is 7.14. The van der Waals surface area contributed by atoms with Crippen molar-refractivity contribution >= 4 is 23.4 Å². The van der Waals surface area contributed by atoms with Crippen LogP contribution in [0.5, 0.6) is 5.75 Å². The van der Waals surface area contributed by atoms with Gasteiger partial charge in [-0.1, -0.05) is 42.1 Å². The number of nitrogens with zero attached hydrogens (tertiary/aromatic N) is 3. The van der Waals surface area contributed by atoms with Gasteiger partial charge in [-0.25, -0.2) is 0 Å². The topological polar surface area (TPSA) is 82.2 Å². The Labute approximate surface area is 190 Å². The number of furan rings is 1. The molecule has 7 nitrogen and oxygen atoms in total. The summed E-state index contributed by atoms with van der Waals surface area (Å²) in [7, 11) is 1.61. The standard InChI is InChI=1S/C24H24N4O3S/c1-17-21(12-14-31-17)23-26-27-24(28(23)16-18-6-4-3-5-7-18)32-15-13-22(29)25-19-8-10-20(30-2)11-9-19/h3-12,14H,13,15-16H2,1-2H3,(H,25,29). The van der Waals surface area contributed by atoms with Crippen LogP contribution in [0, 0.1) is 6.92 Å². The van der Waals surface area contributed by atoms with Gasteiger partial charge in [-0.05, 0) is 42.8 Å². The highest BCUT2D eigenvalue weighted by Crippen LogP contribution is 2.28. The van der Waals surface area contributed by atoms with E-state index in [1.54, 1.807) is 13.4 Å². The number of anilines is 1. The highest BCUT2D eigenvalue weighted by Gasteiger charge is 2.18. The van der Waals surface area contributed by atoms with E-state index in [4.69, 9.17) is 9.15 Å². The van der Waals surface area contributed by atoms with Gasteiger partial charge in [0, 0.05) is 17.9 Å². The summed E-state index contributed by atoms with van der Waals surface area (Å²) >= 11 is 1.51. The Morgan fingerprint density at radius 1 is 1.09 bits per heavy atom. The molecule has 2 heterocycles. The van der Waals surface area contributed by atoms with Crippen molar-refractivity contribution < 1.29 is 13.9 Å². The predicted octanol–water partition coefficient (Wildman–Crippen LogP) is 5.02. The van der Waals surface area contributed by atoms with E-state index in [-0.39, 0.29) is 5.91 Å². The van der Waals surface area contributed by atoms with Gasteiger partial charge in [0.2, 0.25) is 5.91 Å². The number of amides is 1. The Morgan fingerprint density at radius 3 is 2.56 bits per heavy atom. The van der Waals surface area contributed by atoms with Crippen molar-refractivity contribution in [2.45, 2.75) is 25.0 Å². The molecule has 8 heteroatoms. The second kappa shape index (κ2) is 10.2. The maximum Gasteiger partial charge on any atom is 0.225 e. The number of aryl methyl sites for hydroxylation is 1. The monoisotopic (exact) mass is 448 g/mol. The summed E-state index contributed by atoms with van der Waals surface area (Å²) in [5.74, 6) is 2.83. The van der Waals surface area contributed by atoms with Gasteiger partial charge < -0.3 is 14.5 Å². The third-order valence-electron chi connectivity index (χ3n) is 4.93. The summed E-state index contributed by atoms with van der Waals surface area (Å²) in [6, 6.07) is 19.3. The van der Waals surface area contributed by atoms with Crippen LogP contribution in [-0.4, -0.2) is 33.5 Å². The van der Waals surface area contributed by atoms with Crippen LogP contribution in [0.25, 0.3) is 11.4 Å². The van der Waals surface area contributed by atoms with Crippen molar-refractivity contribution in [3.05, 3.63) is 78.3 Å². The van der Waals surface area contributed by atoms with E-state index in [1.165, 1.54) is 11.8 Å². The van der Waals surface area contributed by atoms with Crippen molar-refractivity contribution in [3.8, 4) is 17.1 Å². The largest absolute Gasteiger partial charge is 0.497 e. The Morgan fingerprint density at radius 2 is 1.88 bits per heavy atom. The van der Waals surface area contributed by atoms with Crippen LogP contribution in [0.2, 0.25) is 0 Å². The molecular weight excluding hydrogens is 424 g/mol. The first-order valence-corrected chi connectivity index (χ1v) is 11.2. The lowest BCUT2D eigenvalue weighted by atomic mass is 10.2. The van der Waals surface area contributed by atoms with Crippen molar-refractivity contribution in [1.29, 1.82) is 0 Å². The van der Waals surface area contributed by atoms with Crippen LogP contribution in [0.4, 0.5) is 5.69 Å². The number of carbonyl (C=O) groups excluding carboxylic acids is 1. The SMILES string of the molecule is COc1ccc(NC(=O)CCSc2nnc(-c3ccoc3C)n2Cc2ccccc2)cc1. The zero-order valence-electron chi connectivity index (χ0n) is 17.9. The van der Waals surface area contributed by atoms with E-state index < -0.39 is 0 Å². The lowest BCUT2D eigenvalue weighted by Crippen LogP contribution is -2.12. The molecule has 0 spiro atoms. The van der Waals surface area contributed by atoms with E-state index in [9.17, 15) is 4.79 Å². The van der Waals surface area contributed by atoms with E-state index >= 15 is 0 Å². The molecule has 2 aromatic heterocycles. The van der Waals surface area contributed by atoms with Gasteiger partial charge in [0.15, 0.2) is 11.0 Å². The zero-order chi connectivity index (χ0) is 22.3. The molecule has 32 heavy (non-hydrogen) atoms. The highest BCUT2D eigenvalue weighted by atomic mass is 32.2. The number of nitrogens with one attached hydrogen (secondary N) is 1. The first-order valence-electron chi connectivity index (χ1n) is 10.2. The first kappa shape index (κ1) is 21.7. The summed E-state index contributed by atoms with van der Waals surface area (Å²) in [4.78, 5) is 12.4. The molecule has 0 aliphatic carbocycles. The van der Waals surface area contributed by atoms with E-state index in [0.717, 1.165) is 39.3 Å². The number of hydrogen-bond donors (Lipinski definition) is 1. The lowest BCUT2D eigenvalue weighted by molar-refractivity contribution is -0.115. The Bertz CT molecular complexity index is 1170. The number of thioether (sulfide) groups is 1. The number of benzene rings is 2. The molecular formula is C24H24N4O3S. The van der Waals surface area contributed by atoms with Crippen molar-refractivity contribution in [2.75, 3.05) is 18.2 Å². The smallest absolute Gasteiger partial charge is 0.225 e. The molecule has 1 amide bonds. The number of methoxy groups -OCH3 is 1. The maximum atomic E-state index is 12.4. The van der Waals surface area contributed by atoms with Crippen LogP contribution in [0.1, 0.15) is 17.7 Å². The third kappa shape index (κ3) is 5.20. The van der Waals surface area contributed by atoms with E-state index in [1.807, 2.05) is 55.5 Å². The van der Waals surface area contributed by atoms with Gasteiger partial charge in [-0.15, -0.1) is 10.2 Å². The fraction of sp³-hybridized carbons (Fsp3) is 0.208. The van der Waals surface area contributed by atoms with Crippen molar-refractivity contribution in [2.24, 2.45) is 0 Å². The fourth-order valence-corrected chi connectivity index (χ4v) is 4.13. The molecule has 0 saturated carbocycles. The second-order valence-corrected chi connectivity index (χ2v) is 8.21. The molecule has 0 fully saturated rings. The molecule has 4 rings (SSSR count). The Kier molecular flexibility index (Phi) is 6.91. The maximum absolute atomic E-state index is 12.4. The Hall–Kier alpha value is -3.52. The number of ether oxygens (including phenoxy) is 1. The average molecular weight is 449 g/mol. The summed E-state index contributed by atoms with van der Waals surface area (Å²) in [5.41, 5.74) is 2.80. The molecule has 0 unspecified atom stereocenters. The number of aromatic nitrogens is 3. The van der Waals surface area contributed by atoms with Gasteiger partial charge >= 0.3 is 0 Å². The summed E-state index contributed by atoms with van der Waals surface area (Å²) in [5, 5.41) is 12.5. The van der Waals surface area contributed by atoms with Gasteiger partial charge in [0.05, 0.1) is 25.5 Å². The molecule has 0 aliphatic rings. The molecule has 2 aromatic carbocycles. The molecule has 0 radical (unpaired) electrons. The summed E-state index contributed by atoms with van der Waals surface area (Å²) in [6.07, 6.45) is 2.01. The highest BCUT2D eigenvalue weighted by molar-refractivity contribution is 7.99. The van der Waals surface area contributed by atoms with Crippen molar-refractivity contribution in [3.63, 3.8) is 0 Å². The van der Waals surface area contributed by atoms with Crippen molar-refractivity contribution in [1.82, 2.24) is 14.8 Å². The molecule has 0 bridgehead atoms. The van der Waals surface area contributed by atoms with Crippen LogP contribution >= 0.6 is 11.8 Å². The molecule has 1 N–H and O–H groups in total. The average Bonchev–Trinajstić information content (AvgIpc) is 3.40. The summed E-state index contributed by atoms with van der Waals surface area (Å²) < 4.78 is 12.7. The van der Waals surface area contributed by atoms with Gasteiger partial charge in [0.25, 0.3) is 0 Å². The van der Waals surface area contributed by atoms with Crippen LogP contribution in [-0.2, 0) is 11.3 Å². The Balaban J connectivity index is 1.44. The lowest BCUT2D eigenvalue weighted by Gasteiger charge is -2.10. The summed E-state index contributed by atoms with van der Waals surface area (Å²) in [6.45, 7) is 2.54. The van der Waals surface area contributed by atoms with Gasteiger partial charge in [-0.2, -0.15) is 0 Å². The minimum atomic E-state index is -0.0531. The van der Waals surface area contributed by atoms with Crippen LogP contribution in [0.15, 0.2) is 76.5 Å².